The molecular weight excluding hydrogens is 452 g/mol. The lowest BCUT2D eigenvalue weighted by Crippen LogP contribution is -2.56. The fraction of sp³-hybridized carbons (Fsp3) is 0.423. The van der Waals surface area contributed by atoms with E-state index in [-0.39, 0.29) is 29.7 Å². The molecule has 2 unspecified atom stereocenters. The highest BCUT2D eigenvalue weighted by molar-refractivity contribution is 8.00. The van der Waals surface area contributed by atoms with Gasteiger partial charge in [0.15, 0.2) is 0 Å². The van der Waals surface area contributed by atoms with Crippen molar-refractivity contribution in [1.29, 1.82) is 0 Å². The lowest BCUT2D eigenvalue weighted by Gasteiger charge is -2.33. The minimum atomic E-state index is -1.08. The number of carboxylic acid groups (broad SMARTS) is 1. The molecule has 2 aliphatic carbocycles. The molecule has 2 atom stereocenters. The van der Waals surface area contributed by atoms with Crippen LogP contribution >= 0.6 is 11.8 Å². The second-order valence-electron chi connectivity index (χ2n) is 9.57. The zero-order valence-electron chi connectivity index (χ0n) is 19.2. The second-order valence-corrected chi connectivity index (χ2v) is 10.7. The topological polar surface area (TPSA) is 95.9 Å². The van der Waals surface area contributed by atoms with E-state index >= 15 is 0 Å². The molecule has 1 aliphatic heterocycles. The standard InChI is InChI=1S/C26H28N2O5S/c1-15(2)22-28(21(14-34-22)23(29)30)24(31)26(11-12-26)27-25(32)33-13-20-18-9-5-3-7-16(18)17-8-4-6-10-19(17)20/h3-10,15,20-22H,11-14H2,1-2H3,(H,27,32)(H,29,30). The maximum absolute atomic E-state index is 13.5. The zero-order chi connectivity index (χ0) is 24.0. The predicted octanol–water partition coefficient (Wildman–Crippen LogP) is 4.07. The molecule has 2 fully saturated rings. The van der Waals surface area contributed by atoms with Crippen LogP contribution in [0.25, 0.3) is 11.1 Å². The van der Waals surface area contributed by atoms with Gasteiger partial charge in [-0.05, 0) is 41.0 Å². The Morgan fingerprint density at radius 1 is 1.09 bits per heavy atom. The SMILES string of the molecule is CC(C)C1SCC(C(=O)O)N1C(=O)C1(NC(=O)OCC2c3ccccc3-c3ccccc32)CC1. The molecular formula is C26H28N2O5S. The Hall–Kier alpha value is -3.00. The molecule has 1 saturated carbocycles. The van der Waals surface area contributed by atoms with Crippen LogP contribution in [0.3, 0.4) is 0 Å². The van der Waals surface area contributed by atoms with Crippen molar-refractivity contribution in [1.82, 2.24) is 10.2 Å². The first kappa shape index (κ1) is 22.8. The van der Waals surface area contributed by atoms with Gasteiger partial charge in [-0.15, -0.1) is 11.8 Å². The number of benzene rings is 2. The van der Waals surface area contributed by atoms with Gasteiger partial charge in [0.05, 0.1) is 5.37 Å². The van der Waals surface area contributed by atoms with Crippen molar-refractivity contribution in [2.45, 2.75) is 49.6 Å². The molecule has 178 valence electrons. The van der Waals surface area contributed by atoms with Gasteiger partial charge in [0.25, 0.3) is 0 Å². The second kappa shape index (κ2) is 8.65. The average Bonchev–Trinajstić information content (AvgIpc) is 3.33. The smallest absolute Gasteiger partial charge is 0.408 e. The summed E-state index contributed by atoms with van der Waals surface area (Å²) in [5, 5.41) is 12.2. The number of carbonyl (C=O) groups excluding carboxylic acids is 2. The summed E-state index contributed by atoms with van der Waals surface area (Å²) in [5.74, 6) is -0.951. The van der Waals surface area contributed by atoms with Crippen molar-refractivity contribution in [2.75, 3.05) is 12.4 Å². The van der Waals surface area contributed by atoms with Crippen molar-refractivity contribution in [2.24, 2.45) is 5.92 Å². The van der Waals surface area contributed by atoms with Gasteiger partial charge in [-0.2, -0.15) is 0 Å². The molecule has 2 N–H and O–H groups in total. The molecule has 1 heterocycles. The van der Waals surface area contributed by atoms with Gasteiger partial charge in [0, 0.05) is 11.7 Å². The summed E-state index contributed by atoms with van der Waals surface area (Å²) >= 11 is 1.48. The summed E-state index contributed by atoms with van der Waals surface area (Å²) in [5.41, 5.74) is 3.45. The highest BCUT2D eigenvalue weighted by Crippen LogP contribution is 2.45. The van der Waals surface area contributed by atoms with E-state index in [0.717, 1.165) is 22.3 Å². The first-order chi connectivity index (χ1) is 16.3. The number of carbonyl (C=O) groups is 3. The van der Waals surface area contributed by atoms with Crippen LogP contribution in [0.2, 0.25) is 0 Å². The van der Waals surface area contributed by atoms with Crippen LogP contribution in [0.4, 0.5) is 4.79 Å². The summed E-state index contributed by atoms with van der Waals surface area (Å²) in [6.45, 7) is 4.11. The van der Waals surface area contributed by atoms with Crippen molar-refractivity contribution in [3.05, 3.63) is 59.7 Å². The number of carboxylic acids is 1. The minimum Gasteiger partial charge on any atom is -0.480 e. The largest absolute Gasteiger partial charge is 0.480 e. The van der Waals surface area contributed by atoms with Crippen molar-refractivity contribution in [3.63, 3.8) is 0 Å². The molecule has 3 aliphatic rings. The molecule has 2 aromatic rings. The van der Waals surface area contributed by atoms with Gasteiger partial charge in [-0.25, -0.2) is 9.59 Å². The molecule has 0 aromatic heterocycles. The number of ether oxygens (including phenoxy) is 1. The Balaban J connectivity index is 1.28. The first-order valence-electron chi connectivity index (χ1n) is 11.6. The third kappa shape index (κ3) is 3.83. The van der Waals surface area contributed by atoms with Crippen molar-refractivity contribution < 1.29 is 24.2 Å². The number of alkyl carbamates (subject to hydrolysis) is 1. The summed E-state index contributed by atoms with van der Waals surface area (Å²) < 4.78 is 5.63. The van der Waals surface area contributed by atoms with Crippen LogP contribution < -0.4 is 5.32 Å². The Labute approximate surface area is 202 Å². The third-order valence-corrected chi connectivity index (χ3v) is 8.59. The van der Waals surface area contributed by atoms with E-state index in [1.54, 1.807) is 0 Å². The fourth-order valence-corrected chi connectivity index (χ4v) is 6.55. The fourth-order valence-electron chi connectivity index (χ4n) is 5.08. The highest BCUT2D eigenvalue weighted by Gasteiger charge is 2.58. The van der Waals surface area contributed by atoms with Crippen LogP contribution in [0.5, 0.6) is 0 Å². The number of nitrogens with zero attached hydrogens (tertiary/aromatic N) is 1. The molecule has 0 bridgehead atoms. The Kier molecular flexibility index (Phi) is 5.80. The van der Waals surface area contributed by atoms with E-state index in [9.17, 15) is 19.5 Å². The summed E-state index contributed by atoms with van der Waals surface area (Å²) in [4.78, 5) is 39.5. The van der Waals surface area contributed by atoms with Crippen molar-refractivity contribution >= 4 is 29.7 Å². The Bertz CT molecular complexity index is 1100. The number of hydrogen-bond donors (Lipinski definition) is 2. The minimum absolute atomic E-state index is 0.0688. The van der Waals surface area contributed by atoms with Gasteiger partial charge in [0.2, 0.25) is 5.91 Å². The first-order valence-corrected chi connectivity index (χ1v) is 12.7. The number of nitrogens with one attached hydrogen (secondary N) is 1. The summed E-state index contributed by atoms with van der Waals surface area (Å²) in [6.07, 6.45) is 0.315. The quantitative estimate of drug-likeness (QED) is 0.647. The number of rotatable bonds is 6. The number of fused-ring (bicyclic) bond motifs is 3. The maximum atomic E-state index is 13.5. The van der Waals surface area contributed by atoms with E-state index in [1.165, 1.54) is 16.7 Å². The molecule has 0 radical (unpaired) electrons. The zero-order valence-corrected chi connectivity index (χ0v) is 20.0. The van der Waals surface area contributed by atoms with E-state index in [0.29, 0.717) is 18.6 Å². The van der Waals surface area contributed by atoms with Crippen LogP contribution in [0.15, 0.2) is 48.5 Å². The third-order valence-electron chi connectivity index (χ3n) is 6.97. The summed E-state index contributed by atoms with van der Waals surface area (Å²) in [6, 6.07) is 15.3. The molecule has 7 nitrogen and oxygen atoms in total. The molecule has 1 saturated heterocycles. The molecule has 8 heteroatoms. The van der Waals surface area contributed by atoms with Crippen molar-refractivity contribution in [3.8, 4) is 11.1 Å². The molecule has 2 aromatic carbocycles. The van der Waals surface area contributed by atoms with Crippen LogP contribution in [0.1, 0.15) is 43.7 Å². The van der Waals surface area contributed by atoms with E-state index in [2.05, 4.69) is 29.6 Å². The molecule has 5 rings (SSSR count). The summed E-state index contributed by atoms with van der Waals surface area (Å²) in [7, 11) is 0. The number of amides is 2. The van der Waals surface area contributed by atoms with E-state index in [1.807, 2.05) is 38.1 Å². The molecule has 34 heavy (non-hydrogen) atoms. The van der Waals surface area contributed by atoms with E-state index < -0.39 is 23.6 Å². The average molecular weight is 481 g/mol. The predicted molar refractivity (Wildman–Crippen MR) is 130 cm³/mol. The number of thioether (sulfide) groups is 1. The van der Waals surface area contributed by atoms with Gasteiger partial charge in [-0.3, -0.25) is 4.79 Å². The Morgan fingerprint density at radius 3 is 2.21 bits per heavy atom. The number of hydrogen-bond acceptors (Lipinski definition) is 5. The highest BCUT2D eigenvalue weighted by atomic mass is 32.2. The van der Waals surface area contributed by atoms with Crippen LogP contribution in [-0.2, 0) is 14.3 Å². The lowest BCUT2D eigenvalue weighted by atomic mass is 9.98. The van der Waals surface area contributed by atoms with Gasteiger partial charge >= 0.3 is 12.1 Å². The van der Waals surface area contributed by atoms with Gasteiger partial charge in [-0.1, -0.05) is 62.4 Å². The normalized spacial score (nSPS) is 22.3. The molecule has 0 spiro atoms. The molecule has 2 amide bonds. The van der Waals surface area contributed by atoms with Crippen LogP contribution in [-0.4, -0.2) is 57.3 Å². The maximum Gasteiger partial charge on any atom is 0.408 e. The van der Waals surface area contributed by atoms with Gasteiger partial charge in [0.1, 0.15) is 18.2 Å². The monoisotopic (exact) mass is 480 g/mol. The Morgan fingerprint density at radius 2 is 1.68 bits per heavy atom. The van der Waals surface area contributed by atoms with Gasteiger partial charge < -0.3 is 20.1 Å². The number of aliphatic carboxylic acids is 1. The van der Waals surface area contributed by atoms with E-state index in [4.69, 9.17) is 4.74 Å². The van der Waals surface area contributed by atoms with Crippen LogP contribution in [0, 0.1) is 5.92 Å². The lowest BCUT2D eigenvalue weighted by molar-refractivity contribution is -0.150.